The Kier molecular flexibility index (Phi) is 1.65. The molecule has 1 amide bonds. The number of nitrogens with one attached hydrogen (secondary N) is 2. The van der Waals surface area contributed by atoms with Gasteiger partial charge in [0.1, 0.15) is 0 Å². The summed E-state index contributed by atoms with van der Waals surface area (Å²) in [6, 6.07) is 0. The van der Waals surface area contributed by atoms with Gasteiger partial charge in [0.15, 0.2) is 0 Å². The molecule has 0 aromatic carbocycles. The van der Waals surface area contributed by atoms with Gasteiger partial charge in [-0.05, 0) is 44.7 Å². The molecule has 1 saturated carbocycles. The van der Waals surface area contributed by atoms with Crippen LogP contribution in [0, 0.1) is 17.8 Å². The molecule has 2 aliphatic rings. The fraction of sp³-hybridized carbons (Fsp3) is 0.889. The molecule has 3 heteroatoms. The first-order chi connectivity index (χ1) is 5.67. The third-order valence-electron chi connectivity index (χ3n) is 3.36. The number of carbonyl (C=O) groups is 1. The van der Waals surface area contributed by atoms with Crippen LogP contribution in [-0.4, -0.2) is 25.0 Å². The molecule has 0 aromatic rings. The van der Waals surface area contributed by atoms with Crippen LogP contribution < -0.4 is 10.6 Å². The largest absolute Gasteiger partial charge is 0.354 e. The highest BCUT2D eigenvalue weighted by atomic mass is 16.1. The third kappa shape index (κ3) is 1.04. The Morgan fingerprint density at radius 2 is 2.00 bits per heavy atom. The lowest BCUT2D eigenvalue weighted by molar-refractivity contribution is -0.111. The SMILES string of the molecule is CC(C)(NC=O)[C@H]1[C@@H]2CNC[C@@H]21. The molecular formula is C9H16N2O. The zero-order valence-corrected chi connectivity index (χ0v) is 7.63. The molecule has 1 aliphatic heterocycles. The van der Waals surface area contributed by atoms with Crippen LogP contribution in [0.5, 0.6) is 0 Å². The van der Waals surface area contributed by atoms with E-state index >= 15 is 0 Å². The first-order valence-electron chi connectivity index (χ1n) is 4.59. The summed E-state index contributed by atoms with van der Waals surface area (Å²) in [6.07, 6.45) is 0.821. The Morgan fingerprint density at radius 1 is 1.42 bits per heavy atom. The van der Waals surface area contributed by atoms with E-state index in [2.05, 4.69) is 24.5 Å². The second-order valence-electron chi connectivity index (χ2n) is 4.50. The Morgan fingerprint density at radius 3 is 2.50 bits per heavy atom. The number of carbonyl (C=O) groups excluding carboxylic acids is 1. The fourth-order valence-electron chi connectivity index (χ4n) is 2.74. The van der Waals surface area contributed by atoms with Crippen LogP contribution in [0.1, 0.15) is 13.8 Å². The monoisotopic (exact) mass is 168 g/mol. The molecule has 0 aromatic heterocycles. The zero-order chi connectivity index (χ0) is 8.77. The van der Waals surface area contributed by atoms with Gasteiger partial charge in [-0.25, -0.2) is 0 Å². The second-order valence-corrected chi connectivity index (χ2v) is 4.50. The number of hydrogen-bond acceptors (Lipinski definition) is 2. The maximum absolute atomic E-state index is 10.3. The fourth-order valence-corrected chi connectivity index (χ4v) is 2.74. The number of amides is 1. The van der Waals surface area contributed by atoms with Crippen LogP contribution in [-0.2, 0) is 4.79 Å². The molecular weight excluding hydrogens is 152 g/mol. The average molecular weight is 168 g/mol. The van der Waals surface area contributed by atoms with Gasteiger partial charge in [-0.15, -0.1) is 0 Å². The Balaban J connectivity index is 1.97. The maximum Gasteiger partial charge on any atom is 0.207 e. The van der Waals surface area contributed by atoms with Gasteiger partial charge in [0.2, 0.25) is 6.41 Å². The van der Waals surface area contributed by atoms with Crippen molar-refractivity contribution in [2.24, 2.45) is 17.8 Å². The molecule has 2 N–H and O–H groups in total. The summed E-state index contributed by atoms with van der Waals surface area (Å²) in [5.74, 6) is 2.32. The van der Waals surface area contributed by atoms with E-state index in [0.717, 1.165) is 31.3 Å². The first kappa shape index (κ1) is 8.05. The van der Waals surface area contributed by atoms with Crippen molar-refractivity contribution in [2.45, 2.75) is 19.4 Å². The van der Waals surface area contributed by atoms with Crippen LogP contribution in [0.15, 0.2) is 0 Å². The van der Waals surface area contributed by atoms with Crippen molar-refractivity contribution in [1.82, 2.24) is 10.6 Å². The predicted molar refractivity (Wildman–Crippen MR) is 46.6 cm³/mol. The lowest BCUT2D eigenvalue weighted by Gasteiger charge is -2.26. The minimum absolute atomic E-state index is 0.000810. The van der Waals surface area contributed by atoms with Crippen molar-refractivity contribution < 1.29 is 4.79 Å². The smallest absolute Gasteiger partial charge is 0.207 e. The molecule has 1 heterocycles. The summed E-state index contributed by atoms with van der Waals surface area (Å²) >= 11 is 0. The highest BCUT2D eigenvalue weighted by molar-refractivity contribution is 5.48. The van der Waals surface area contributed by atoms with Gasteiger partial charge in [0, 0.05) is 5.54 Å². The van der Waals surface area contributed by atoms with Gasteiger partial charge in [-0.2, -0.15) is 0 Å². The van der Waals surface area contributed by atoms with E-state index in [9.17, 15) is 4.79 Å². The van der Waals surface area contributed by atoms with E-state index in [-0.39, 0.29) is 5.54 Å². The normalized spacial score (nSPS) is 39.0. The molecule has 0 unspecified atom stereocenters. The molecule has 0 radical (unpaired) electrons. The van der Waals surface area contributed by atoms with E-state index in [4.69, 9.17) is 0 Å². The predicted octanol–water partition coefficient (Wildman–Crippen LogP) is -0.0236. The topological polar surface area (TPSA) is 41.1 Å². The average Bonchev–Trinajstić information content (AvgIpc) is 2.50. The van der Waals surface area contributed by atoms with Crippen LogP contribution in [0.4, 0.5) is 0 Å². The highest BCUT2D eigenvalue weighted by Gasteiger charge is 2.59. The summed E-state index contributed by atoms with van der Waals surface area (Å²) in [5.41, 5.74) is -0.000810. The molecule has 0 bridgehead atoms. The lowest BCUT2D eigenvalue weighted by atomic mass is 9.95. The quantitative estimate of drug-likeness (QED) is 0.581. The summed E-state index contributed by atoms with van der Waals surface area (Å²) in [6.45, 7) is 6.51. The van der Waals surface area contributed by atoms with Crippen molar-refractivity contribution in [3.63, 3.8) is 0 Å². The van der Waals surface area contributed by atoms with Crippen LogP contribution in [0.25, 0.3) is 0 Å². The first-order valence-corrected chi connectivity index (χ1v) is 4.59. The van der Waals surface area contributed by atoms with Gasteiger partial charge in [-0.3, -0.25) is 4.79 Å². The minimum atomic E-state index is -0.000810. The molecule has 2 rings (SSSR count). The van der Waals surface area contributed by atoms with E-state index < -0.39 is 0 Å². The van der Waals surface area contributed by atoms with E-state index in [1.54, 1.807) is 0 Å². The lowest BCUT2D eigenvalue weighted by Crippen LogP contribution is -2.43. The second kappa shape index (κ2) is 2.46. The van der Waals surface area contributed by atoms with Crippen LogP contribution >= 0.6 is 0 Å². The van der Waals surface area contributed by atoms with Crippen LogP contribution in [0.2, 0.25) is 0 Å². The van der Waals surface area contributed by atoms with Crippen molar-refractivity contribution in [1.29, 1.82) is 0 Å². The molecule has 1 aliphatic carbocycles. The minimum Gasteiger partial charge on any atom is -0.354 e. The molecule has 2 fully saturated rings. The summed E-state index contributed by atoms with van der Waals surface area (Å²) in [5, 5.41) is 6.25. The van der Waals surface area contributed by atoms with E-state index in [1.807, 2.05) is 0 Å². The molecule has 12 heavy (non-hydrogen) atoms. The molecule has 3 nitrogen and oxygen atoms in total. The van der Waals surface area contributed by atoms with Crippen LogP contribution in [0.3, 0.4) is 0 Å². The van der Waals surface area contributed by atoms with Gasteiger partial charge < -0.3 is 10.6 Å². The van der Waals surface area contributed by atoms with Crippen molar-refractivity contribution in [3.05, 3.63) is 0 Å². The van der Waals surface area contributed by atoms with Gasteiger partial charge in [-0.1, -0.05) is 0 Å². The van der Waals surface area contributed by atoms with Crippen molar-refractivity contribution in [2.75, 3.05) is 13.1 Å². The molecule has 3 atom stereocenters. The third-order valence-corrected chi connectivity index (χ3v) is 3.36. The number of fused-ring (bicyclic) bond motifs is 1. The number of piperidine rings is 1. The van der Waals surface area contributed by atoms with Gasteiger partial charge in [0.05, 0.1) is 0 Å². The standard InChI is InChI=1S/C9H16N2O/c1-9(2,11-5-12)8-6-3-10-4-7(6)8/h5-8,10H,3-4H2,1-2H3,(H,11,12)/t6-,7+,8+. The number of rotatable bonds is 3. The molecule has 0 spiro atoms. The van der Waals surface area contributed by atoms with E-state index in [1.165, 1.54) is 0 Å². The van der Waals surface area contributed by atoms with Gasteiger partial charge in [0.25, 0.3) is 0 Å². The van der Waals surface area contributed by atoms with Crippen molar-refractivity contribution >= 4 is 6.41 Å². The van der Waals surface area contributed by atoms with E-state index in [0.29, 0.717) is 5.92 Å². The summed E-state index contributed by atoms with van der Waals surface area (Å²) in [7, 11) is 0. The molecule has 1 saturated heterocycles. The summed E-state index contributed by atoms with van der Waals surface area (Å²) < 4.78 is 0. The summed E-state index contributed by atoms with van der Waals surface area (Å²) in [4.78, 5) is 10.3. The highest BCUT2D eigenvalue weighted by Crippen LogP contribution is 2.54. The Labute approximate surface area is 72.9 Å². The molecule has 68 valence electrons. The zero-order valence-electron chi connectivity index (χ0n) is 7.63. The number of hydrogen-bond donors (Lipinski definition) is 2. The Hall–Kier alpha value is -0.570. The maximum atomic E-state index is 10.3. The Bertz CT molecular complexity index is 193. The van der Waals surface area contributed by atoms with Crippen molar-refractivity contribution in [3.8, 4) is 0 Å². The van der Waals surface area contributed by atoms with Gasteiger partial charge >= 0.3 is 0 Å².